The van der Waals surface area contributed by atoms with Crippen LogP contribution < -0.4 is 5.32 Å². The molecule has 0 aliphatic heterocycles. The van der Waals surface area contributed by atoms with E-state index in [2.05, 4.69) is 54.2 Å². The van der Waals surface area contributed by atoms with Crippen LogP contribution in [0.15, 0.2) is 35.1 Å². The van der Waals surface area contributed by atoms with E-state index in [0.29, 0.717) is 0 Å². The number of nitrogens with one attached hydrogen (secondary N) is 1. The minimum Gasteiger partial charge on any atom is -0.360 e. The monoisotopic (exact) mass is 288 g/mol. The van der Waals surface area contributed by atoms with Crippen LogP contribution in [0.3, 0.4) is 0 Å². The van der Waals surface area contributed by atoms with Crippen molar-refractivity contribution in [1.29, 1.82) is 0 Å². The Balaban J connectivity index is 1.84. The molecule has 0 atom stereocenters. The highest BCUT2D eigenvalue weighted by Gasteiger charge is 2.12. The van der Waals surface area contributed by atoms with Gasteiger partial charge in [0.2, 0.25) is 0 Å². The number of rotatable bonds is 6. The van der Waals surface area contributed by atoms with Crippen LogP contribution in [0, 0.1) is 0 Å². The zero-order valence-electron chi connectivity index (χ0n) is 13.3. The van der Waals surface area contributed by atoms with Crippen molar-refractivity contribution in [2.24, 2.45) is 0 Å². The predicted octanol–water partition coefficient (Wildman–Crippen LogP) is 2.59. The van der Waals surface area contributed by atoms with E-state index in [1.165, 1.54) is 5.56 Å². The molecule has 2 aromatic rings. The average Bonchev–Trinajstić information content (AvgIpc) is 2.84. The van der Waals surface area contributed by atoms with Crippen molar-refractivity contribution in [1.82, 2.24) is 20.4 Å². The summed E-state index contributed by atoms with van der Waals surface area (Å²) in [6.45, 7) is 8.70. The Morgan fingerprint density at radius 3 is 2.76 bits per heavy atom. The first-order valence-electron chi connectivity index (χ1n) is 7.19. The fourth-order valence-corrected chi connectivity index (χ4v) is 1.99. The van der Waals surface area contributed by atoms with Gasteiger partial charge in [-0.3, -0.25) is 9.88 Å². The van der Waals surface area contributed by atoms with Crippen molar-refractivity contribution in [3.8, 4) is 0 Å². The maximum absolute atomic E-state index is 5.39. The quantitative estimate of drug-likeness (QED) is 0.885. The van der Waals surface area contributed by atoms with Gasteiger partial charge < -0.3 is 9.84 Å². The molecule has 114 valence electrons. The fraction of sp³-hybridized carbons (Fsp3) is 0.500. The molecule has 0 bridgehead atoms. The normalized spacial score (nSPS) is 12.0. The molecule has 5 heteroatoms. The number of pyridine rings is 1. The van der Waals surface area contributed by atoms with Gasteiger partial charge in [-0.1, -0.05) is 11.2 Å². The lowest BCUT2D eigenvalue weighted by molar-refractivity contribution is 0.265. The third-order valence-corrected chi connectivity index (χ3v) is 3.01. The summed E-state index contributed by atoms with van der Waals surface area (Å²) in [5.74, 6) is 0.882. The Morgan fingerprint density at radius 2 is 2.10 bits per heavy atom. The molecular formula is C16H24N4O. The average molecular weight is 288 g/mol. The molecule has 0 saturated carbocycles. The van der Waals surface area contributed by atoms with Crippen molar-refractivity contribution < 1.29 is 4.52 Å². The Kier molecular flexibility index (Phi) is 5.09. The molecule has 21 heavy (non-hydrogen) atoms. The smallest absolute Gasteiger partial charge is 0.151 e. The van der Waals surface area contributed by atoms with Crippen LogP contribution in [0.2, 0.25) is 0 Å². The van der Waals surface area contributed by atoms with Gasteiger partial charge >= 0.3 is 0 Å². The zero-order chi connectivity index (χ0) is 15.3. The van der Waals surface area contributed by atoms with E-state index in [4.69, 9.17) is 4.52 Å². The van der Waals surface area contributed by atoms with Crippen molar-refractivity contribution in [2.45, 2.75) is 45.9 Å². The SMILES string of the molecule is CN(Cc1cccnc1)Cc1cc(CNC(C)(C)C)no1. The second kappa shape index (κ2) is 6.83. The van der Waals surface area contributed by atoms with Crippen molar-refractivity contribution in [3.63, 3.8) is 0 Å². The summed E-state index contributed by atoms with van der Waals surface area (Å²) < 4.78 is 5.39. The second-order valence-corrected chi connectivity index (χ2v) is 6.42. The molecule has 0 amide bonds. The molecule has 0 aliphatic carbocycles. The van der Waals surface area contributed by atoms with Crippen molar-refractivity contribution >= 4 is 0 Å². The highest BCUT2D eigenvalue weighted by Crippen LogP contribution is 2.10. The van der Waals surface area contributed by atoms with Crippen molar-refractivity contribution in [3.05, 3.63) is 47.6 Å². The largest absolute Gasteiger partial charge is 0.360 e. The van der Waals surface area contributed by atoms with Gasteiger partial charge in [0.05, 0.1) is 12.2 Å². The number of hydrogen-bond acceptors (Lipinski definition) is 5. The summed E-state index contributed by atoms with van der Waals surface area (Å²) in [5, 5.41) is 7.50. The lowest BCUT2D eigenvalue weighted by Gasteiger charge is -2.19. The zero-order valence-corrected chi connectivity index (χ0v) is 13.3. The Labute approximate surface area is 126 Å². The summed E-state index contributed by atoms with van der Waals surface area (Å²) in [4.78, 5) is 6.30. The van der Waals surface area contributed by atoms with Crippen LogP contribution in [-0.2, 0) is 19.6 Å². The van der Waals surface area contributed by atoms with E-state index >= 15 is 0 Å². The first-order chi connectivity index (χ1) is 9.92. The first-order valence-corrected chi connectivity index (χ1v) is 7.19. The summed E-state index contributed by atoms with van der Waals surface area (Å²) in [6.07, 6.45) is 3.67. The van der Waals surface area contributed by atoms with Crippen LogP contribution >= 0.6 is 0 Å². The minimum absolute atomic E-state index is 0.0796. The van der Waals surface area contributed by atoms with Gasteiger partial charge in [-0.25, -0.2) is 0 Å². The lowest BCUT2D eigenvalue weighted by atomic mass is 10.1. The van der Waals surface area contributed by atoms with E-state index in [1.54, 1.807) is 6.20 Å². The van der Waals surface area contributed by atoms with Crippen LogP contribution in [0.5, 0.6) is 0 Å². The molecule has 0 aliphatic rings. The molecule has 0 spiro atoms. The standard InChI is InChI=1S/C16H24N4O/c1-16(2,3)18-10-14-8-15(21-19-14)12-20(4)11-13-6-5-7-17-9-13/h5-9,18H,10-12H2,1-4H3. The lowest BCUT2D eigenvalue weighted by Crippen LogP contribution is -2.35. The van der Waals surface area contributed by atoms with Gasteiger partial charge in [-0.15, -0.1) is 0 Å². The van der Waals surface area contributed by atoms with Gasteiger partial charge in [0.1, 0.15) is 0 Å². The fourth-order valence-electron chi connectivity index (χ4n) is 1.99. The molecule has 2 rings (SSSR count). The topological polar surface area (TPSA) is 54.2 Å². The molecule has 0 aromatic carbocycles. The van der Waals surface area contributed by atoms with Gasteiger partial charge in [-0.05, 0) is 39.4 Å². The Bertz CT molecular complexity index is 545. The molecule has 0 radical (unpaired) electrons. The van der Waals surface area contributed by atoms with E-state index in [1.807, 2.05) is 18.3 Å². The van der Waals surface area contributed by atoms with E-state index < -0.39 is 0 Å². The molecule has 0 fully saturated rings. The molecule has 0 unspecified atom stereocenters. The summed E-state index contributed by atoms with van der Waals surface area (Å²) in [5.41, 5.74) is 2.21. The van der Waals surface area contributed by atoms with Crippen LogP contribution in [-0.4, -0.2) is 27.6 Å². The Hall–Kier alpha value is -1.72. The number of hydrogen-bond donors (Lipinski definition) is 1. The van der Waals surface area contributed by atoms with Crippen LogP contribution in [0.1, 0.15) is 37.8 Å². The number of nitrogens with zero attached hydrogens (tertiary/aromatic N) is 3. The highest BCUT2D eigenvalue weighted by molar-refractivity contribution is 5.09. The van der Waals surface area contributed by atoms with E-state index in [9.17, 15) is 0 Å². The summed E-state index contributed by atoms with van der Waals surface area (Å²) in [6, 6.07) is 6.04. The molecule has 5 nitrogen and oxygen atoms in total. The number of aromatic nitrogens is 2. The van der Waals surface area contributed by atoms with Gasteiger partial charge in [-0.2, -0.15) is 0 Å². The summed E-state index contributed by atoms with van der Waals surface area (Å²) in [7, 11) is 2.06. The third-order valence-electron chi connectivity index (χ3n) is 3.01. The molecule has 2 aromatic heterocycles. The highest BCUT2D eigenvalue weighted by atomic mass is 16.5. The van der Waals surface area contributed by atoms with Crippen molar-refractivity contribution in [2.75, 3.05) is 7.05 Å². The third kappa shape index (κ3) is 5.65. The first kappa shape index (κ1) is 15.7. The molecule has 2 heterocycles. The second-order valence-electron chi connectivity index (χ2n) is 6.42. The summed E-state index contributed by atoms with van der Waals surface area (Å²) >= 11 is 0. The minimum atomic E-state index is 0.0796. The maximum atomic E-state index is 5.39. The van der Waals surface area contributed by atoms with Crippen LogP contribution in [0.25, 0.3) is 0 Å². The maximum Gasteiger partial charge on any atom is 0.151 e. The van der Waals surface area contributed by atoms with Gasteiger partial charge in [0.25, 0.3) is 0 Å². The van der Waals surface area contributed by atoms with Gasteiger partial charge in [0, 0.05) is 37.1 Å². The van der Waals surface area contributed by atoms with E-state index in [-0.39, 0.29) is 5.54 Å². The molecular weight excluding hydrogens is 264 g/mol. The van der Waals surface area contributed by atoms with Gasteiger partial charge in [0.15, 0.2) is 5.76 Å². The van der Waals surface area contributed by atoms with E-state index in [0.717, 1.165) is 31.1 Å². The van der Waals surface area contributed by atoms with Crippen LogP contribution in [0.4, 0.5) is 0 Å². The Morgan fingerprint density at radius 1 is 1.29 bits per heavy atom. The predicted molar refractivity (Wildman–Crippen MR) is 82.5 cm³/mol. The molecule has 0 saturated heterocycles. The molecule has 1 N–H and O–H groups in total.